The monoisotopic (exact) mass is 618 g/mol. The molecular formula is C32H35FN6O4S. The molecule has 2 aliphatic rings. The van der Waals surface area contributed by atoms with Gasteiger partial charge in [-0.05, 0) is 69.9 Å². The summed E-state index contributed by atoms with van der Waals surface area (Å²) in [6.45, 7) is 7.92. The first-order valence-corrected chi connectivity index (χ1v) is 15.5. The lowest BCUT2D eigenvalue weighted by molar-refractivity contribution is 0.0505. The number of benzene rings is 1. The Morgan fingerprint density at radius 2 is 1.86 bits per heavy atom. The molecule has 1 atom stereocenters. The van der Waals surface area contributed by atoms with E-state index in [4.69, 9.17) is 14.5 Å². The van der Waals surface area contributed by atoms with Crippen LogP contribution in [0.3, 0.4) is 0 Å². The van der Waals surface area contributed by atoms with E-state index < -0.39 is 11.4 Å². The molecule has 0 unspecified atom stereocenters. The van der Waals surface area contributed by atoms with Crippen molar-refractivity contribution in [1.82, 2.24) is 25.5 Å². The number of carbonyl (C=O) groups excluding carboxylic acids is 2. The minimum Gasteiger partial charge on any atom is -0.453 e. The molecule has 44 heavy (non-hydrogen) atoms. The molecule has 4 aromatic rings. The maximum absolute atomic E-state index is 14.9. The number of amides is 3. The molecule has 1 saturated heterocycles. The maximum atomic E-state index is 14.9. The lowest BCUT2D eigenvalue weighted by Gasteiger charge is -2.22. The molecule has 3 aromatic heterocycles. The quantitative estimate of drug-likeness (QED) is 0.202. The fourth-order valence-electron chi connectivity index (χ4n) is 4.97. The average Bonchev–Trinajstić information content (AvgIpc) is 3.47. The highest BCUT2D eigenvalue weighted by molar-refractivity contribution is 7.22. The number of thiophene rings is 1. The predicted molar refractivity (Wildman–Crippen MR) is 168 cm³/mol. The Bertz CT molecular complexity index is 1670. The number of carbonyl (C=O) groups is 2. The second kappa shape index (κ2) is 12.4. The molecule has 0 radical (unpaired) electrons. The second-order valence-electron chi connectivity index (χ2n) is 12.2. The second-order valence-corrected chi connectivity index (χ2v) is 13.2. The van der Waals surface area contributed by atoms with Crippen molar-refractivity contribution in [3.05, 3.63) is 66.2 Å². The van der Waals surface area contributed by atoms with Crippen molar-refractivity contribution in [2.75, 3.05) is 18.4 Å². The van der Waals surface area contributed by atoms with Gasteiger partial charge in [0.1, 0.15) is 11.4 Å². The predicted octanol–water partition coefficient (Wildman–Crippen LogP) is 6.67. The van der Waals surface area contributed by atoms with E-state index >= 15 is 0 Å². The number of likely N-dealkylation sites (tertiary alicyclic amines) is 1. The highest BCUT2D eigenvalue weighted by Crippen LogP contribution is 2.39. The summed E-state index contributed by atoms with van der Waals surface area (Å²) in [5, 5.41) is 8.43. The van der Waals surface area contributed by atoms with Crippen molar-refractivity contribution in [1.29, 1.82) is 0 Å². The van der Waals surface area contributed by atoms with Gasteiger partial charge in [0, 0.05) is 61.9 Å². The van der Waals surface area contributed by atoms with Crippen LogP contribution in [0.4, 0.5) is 19.7 Å². The number of ether oxygens (including phenoxy) is 2. The summed E-state index contributed by atoms with van der Waals surface area (Å²) in [6.07, 6.45) is 5.92. The molecule has 10 nitrogen and oxygen atoms in total. The molecule has 1 aliphatic carbocycles. The summed E-state index contributed by atoms with van der Waals surface area (Å²) in [6, 6.07) is 12.0. The van der Waals surface area contributed by atoms with Crippen LogP contribution in [-0.2, 0) is 11.3 Å². The van der Waals surface area contributed by atoms with Gasteiger partial charge < -0.3 is 25.4 Å². The molecule has 0 spiro atoms. The van der Waals surface area contributed by atoms with Crippen molar-refractivity contribution in [2.45, 2.75) is 64.3 Å². The molecule has 6 rings (SSSR count). The smallest absolute Gasteiger partial charge is 0.407 e. The fraction of sp³-hybridized carbons (Fsp3) is 0.375. The zero-order valence-corrected chi connectivity index (χ0v) is 25.7. The van der Waals surface area contributed by atoms with Crippen LogP contribution in [0.5, 0.6) is 11.5 Å². The van der Waals surface area contributed by atoms with E-state index in [1.165, 1.54) is 23.5 Å². The van der Waals surface area contributed by atoms with E-state index in [1.54, 1.807) is 18.3 Å². The Labute approximate surface area is 259 Å². The number of pyridine rings is 2. The number of halogens is 1. The molecule has 1 saturated carbocycles. The molecule has 3 amide bonds. The van der Waals surface area contributed by atoms with Crippen LogP contribution in [-0.4, -0.2) is 57.8 Å². The summed E-state index contributed by atoms with van der Waals surface area (Å²) in [5.41, 5.74) is 2.44. The summed E-state index contributed by atoms with van der Waals surface area (Å²) in [7, 11) is 0. The van der Waals surface area contributed by atoms with E-state index in [0.29, 0.717) is 11.4 Å². The van der Waals surface area contributed by atoms with Crippen LogP contribution in [0, 0.1) is 5.82 Å². The zero-order chi connectivity index (χ0) is 30.8. The lowest BCUT2D eigenvalue weighted by Crippen LogP contribution is -2.40. The number of nitrogens with one attached hydrogen (secondary N) is 3. The molecule has 230 valence electrons. The number of fused-ring (bicyclic) bond motifs is 1. The first-order chi connectivity index (χ1) is 21.1. The van der Waals surface area contributed by atoms with Gasteiger partial charge in [-0.1, -0.05) is 6.07 Å². The number of anilines is 1. The third-order valence-corrected chi connectivity index (χ3v) is 8.34. The normalized spacial score (nSPS) is 17.0. The van der Waals surface area contributed by atoms with Gasteiger partial charge in [-0.3, -0.25) is 14.9 Å². The van der Waals surface area contributed by atoms with Crippen LogP contribution >= 0.6 is 11.3 Å². The van der Waals surface area contributed by atoms with Crippen LogP contribution in [0.1, 0.15) is 45.6 Å². The minimum absolute atomic E-state index is 0.0496. The van der Waals surface area contributed by atoms with Gasteiger partial charge in [-0.2, -0.15) is 0 Å². The Morgan fingerprint density at radius 1 is 1.02 bits per heavy atom. The molecule has 2 fully saturated rings. The number of rotatable bonds is 8. The van der Waals surface area contributed by atoms with Crippen molar-refractivity contribution in [2.24, 2.45) is 0 Å². The SMILES string of the molecule is CC(C)(C)OC(=O)N[C@@H]1CCN(Cc2ccc(-c3cc4nccc(Oc5ccc(NC(=O)NC6CC6)cc5F)c4s3)nc2)C1. The van der Waals surface area contributed by atoms with Gasteiger partial charge in [0.25, 0.3) is 0 Å². The van der Waals surface area contributed by atoms with Crippen molar-refractivity contribution in [3.8, 4) is 22.1 Å². The Kier molecular flexibility index (Phi) is 8.37. The topological polar surface area (TPSA) is 118 Å². The molecule has 3 N–H and O–H groups in total. The number of aromatic nitrogens is 2. The van der Waals surface area contributed by atoms with Crippen LogP contribution < -0.4 is 20.7 Å². The van der Waals surface area contributed by atoms with Gasteiger partial charge in [0.15, 0.2) is 11.6 Å². The van der Waals surface area contributed by atoms with Crippen molar-refractivity contribution >= 4 is 39.4 Å². The van der Waals surface area contributed by atoms with Gasteiger partial charge >= 0.3 is 12.1 Å². The van der Waals surface area contributed by atoms with Gasteiger partial charge in [-0.15, -0.1) is 11.3 Å². The number of alkyl carbamates (subject to hydrolysis) is 1. The standard InChI is InChI=1S/C32H35FN6O4S/c1-32(2,3)43-31(41)38-22-11-13-39(18-22)17-19-4-8-24(35-16-19)28-15-25-29(44-28)27(10-12-34-25)42-26-9-7-21(14-23(26)33)37-30(40)36-20-5-6-20/h4,7-10,12,14-16,20,22H,5-6,11,13,17-18H2,1-3H3,(H,38,41)(H2,36,37,40)/t22-/m1/s1. The molecule has 1 aromatic carbocycles. The number of urea groups is 1. The third-order valence-electron chi connectivity index (χ3n) is 7.17. The van der Waals surface area contributed by atoms with Gasteiger partial charge in [0.2, 0.25) is 0 Å². The average molecular weight is 619 g/mol. The van der Waals surface area contributed by atoms with Crippen molar-refractivity contribution < 1.29 is 23.5 Å². The first-order valence-electron chi connectivity index (χ1n) is 14.7. The molecule has 4 heterocycles. The first kappa shape index (κ1) is 29.8. The molecule has 0 bridgehead atoms. The highest BCUT2D eigenvalue weighted by Gasteiger charge is 2.26. The van der Waals surface area contributed by atoms with Crippen LogP contribution in [0.25, 0.3) is 20.8 Å². The van der Waals surface area contributed by atoms with Gasteiger partial charge in [0.05, 0.1) is 20.8 Å². The largest absolute Gasteiger partial charge is 0.453 e. The highest BCUT2D eigenvalue weighted by atomic mass is 32.1. The number of hydrogen-bond donors (Lipinski definition) is 3. The lowest BCUT2D eigenvalue weighted by atomic mass is 10.2. The summed E-state index contributed by atoms with van der Waals surface area (Å²) in [5.74, 6) is -0.0516. The molecular weight excluding hydrogens is 583 g/mol. The summed E-state index contributed by atoms with van der Waals surface area (Å²) in [4.78, 5) is 36.5. The Balaban J connectivity index is 1.08. The Morgan fingerprint density at radius 3 is 2.59 bits per heavy atom. The molecule has 12 heteroatoms. The molecule has 1 aliphatic heterocycles. The summed E-state index contributed by atoms with van der Waals surface area (Å²) >= 11 is 1.47. The van der Waals surface area contributed by atoms with Crippen LogP contribution in [0.2, 0.25) is 0 Å². The van der Waals surface area contributed by atoms with E-state index in [1.807, 2.05) is 39.1 Å². The summed E-state index contributed by atoms with van der Waals surface area (Å²) < 4.78 is 27.0. The third kappa shape index (κ3) is 7.61. The number of hydrogen-bond acceptors (Lipinski definition) is 8. The van der Waals surface area contributed by atoms with Crippen molar-refractivity contribution in [3.63, 3.8) is 0 Å². The van der Waals surface area contributed by atoms with Gasteiger partial charge in [-0.25, -0.2) is 14.0 Å². The number of nitrogens with zero attached hydrogens (tertiary/aromatic N) is 3. The van der Waals surface area contributed by atoms with Crippen LogP contribution in [0.15, 0.2) is 54.9 Å². The van der Waals surface area contributed by atoms with E-state index in [-0.39, 0.29) is 30.0 Å². The maximum Gasteiger partial charge on any atom is 0.407 e. The van der Waals surface area contributed by atoms with E-state index in [0.717, 1.165) is 65.2 Å². The fourth-order valence-corrected chi connectivity index (χ4v) is 6.01. The zero-order valence-electron chi connectivity index (χ0n) is 24.9. The Hall–Kier alpha value is -4.29. The van der Waals surface area contributed by atoms with E-state index in [9.17, 15) is 14.0 Å². The minimum atomic E-state index is -0.585. The van der Waals surface area contributed by atoms with E-state index in [2.05, 4.69) is 31.9 Å².